The molecule has 1 saturated heterocycles. The first kappa shape index (κ1) is 22.6. The molecule has 35 heavy (non-hydrogen) atoms. The Morgan fingerprint density at radius 2 is 1.69 bits per heavy atom. The van der Waals surface area contributed by atoms with Gasteiger partial charge in [-0.2, -0.15) is 0 Å². The van der Waals surface area contributed by atoms with Crippen molar-refractivity contribution in [2.45, 2.75) is 31.0 Å². The van der Waals surface area contributed by atoms with Gasteiger partial charge in [-0.15, -0.1) is 10.2 Å². The van der Waals surface area contributed by atoms with E-state index in [1.807, 2.05) is 0 Å². The Morgan fingerprint density at radius 3 is 2.34 bits per heavy atom. The summed E-state index contributed by atoms with van der Waals surface area (Å²) in [5.41, 5.74) is -0.414. The van der Waals surface area contributed by atoms with E-state index in [-0.39, 0.29) is 5.65 Å². The standard InChI is InChI=1S/C24H21N5O6/c1-24(35-22(32)16-10-6-3-7-11-16)18(34-21(31)15-8-4-2-5-9-15)17(12-30)33-23(24)29-14-26-19-20(29)25-13-27-28-19/h2-11,13-14,17-18,23,30H,12H2,1H3/t17-,18-,23-,24-/m1/s1. The third-order valence-corrected chi connectivity index (χ3v) is 5.83. The smallest absolute Gasteiger partial charge is 0.338 e. The number of nitrogens with zero attached hydrogens (tertiary/aromatic N) is 5. The maximum Gasteiger partial charge on any atom is 0.338 e. The molecule has 0 unspecified atom stereocenters. The molecule has 2 aromatic heterocycles. The molecule has 11 nitrogen and oxygen atoms in total. The molecule has 4 atom stereocenters. The van der Waals surface area contributed by atoms with Gasteiger partial charge in [0.05, 0.1) is 17.7 Å². The zero-order chi connectivity index (χ0) is 24.4. The molecule has 11 heteroatoms. The Morgan fingerprint density at radius 1 is 1.03 bits per heavy atom. The summed E-state index contributed by atoms with van der Waals surface area (Å²) in [7, 11) is 0. The Hall–Kier alpha value is -4.22. The first-order valence-electron chi connectivity index (χ1n) is 10.8. The number of carbonyl (C=O) groups excluding carboxylic acids is 2. The van der Waals surface area contributed by atoms with E-state index in [1.54, 1.807) is 67.6 Å². The summed E-state index contributed by atoms with van der Waals surface area (Å²) in [4.78, 5) is 34.5. The molecule has 0 saturated carbocycles. The molecule has 4 aromatic rings. The van der Waals surface area contributed by atoms with Crippen LogP contribution in [-0.4, -0.2) is 66.2 Å². The van der Waals surface area contributed by atoms with Gasteiger partial charge < -0.3 is 19.3 Å². The number of rotatable bonds is 6. The number of carbonyl (C=O) groups is 2. The number of ether oxygens (including phenoxy) is 3. The van der Waals surface area contributed by atoms with Crippen molar-refractivity contribution in [1.29, 1.82) is 0 Å². The third kappa shape index (κ3) is 4.11. The van der Waals surface area contributed by atoms with Crippen LogP contribution in [0.5, 0.6) is 0 Å². The maximum atomic E-state index is 13.1. The minimum Gasteiger partial charge on any atom is -0.451 e. The summed E-state index contributed by atoms with van der Waals surface area (Å²) in [5, 5.41) is 17.8. The summed E-state index contributed by atoms with van der Waals surface area (Å²) in [6.45, 7) is 1.08. The fourth-order valence-electron chi connectivity index (χ4n) is 4.13. The van der Waals surface area contributed by atoms with Gasteiger partial charge in [-0.25, -0.2) is 19.6 Å². The fourth-order valence-corrected chi connectivity index (χ4v) is 4.13. The third-order valence-electron chi connectivity index (χ3n) is 5.83. The van der Waals surface area contributed by atoms with Crippen LogP contribution in [0.25, 0.3) is 11.3 Å². The van der Waals surface area contributed by atoms with E-state index in [1.165, 1.54) is 17.2 Å². The number of aliphatic hydroxyl groups excluding tert-OH is 1. The van der Waals surface area contributed by atoms with Gasteiger partial charge in [-0.3, -0.25) is 4.57 Å². The van der Waals surface area contributed by atoms with Crippen LogP contribution in [0.3, 0.4) is 0 Å². The van der Waals surface area contributed by atoms with Crippen molar-refractivity contribution in [2.75, 3.05) is 6.61 Å². The van der Waals surface area contributed by atoms with Gasteiger partial charge in [-0.1, -0.05) is 36.4 Å². The van der Waals surface area contributed by atoms with Gasteiger partial charge in [-0.05, 0) is 31.2 Å². The first-order chi connectivity index (χ1) is 17.0. The van der Waals surface area contributed by atoms with Crippen molar-refractivity contribution < 1.29 is 28.9 Å². The Kier molecular flexibility index (Phi) is 5.93. The summed E-state index contributed by atoms with van der Waals surface area (Å²) in [5.74, 6) is -1.31. The second kappa shape index (κ2) is 9.20. The monoisotopic (exact) mass is 475 g/mol. The van der Waals surface area contributed by atoms with Crippen LogP contribution in [-0.2, 0) is 14.2 Å². The average molecular weight is 475 g/mol. The highest BCUT2D eigenvalue weighted by Crippen LogP contribution is 2.44. The molecule has 1 aliphatic rings. The van der Waals surface area contributed by atoms with Crippen molar-refractivity contribution in [3.8, 4) is 0 Å². The molecule has 1 N–H and O–H groups in total. The average Bonchev–Trinajstić information content (AvgIpc) is 3.43. The van der Waals surface area contributed by atoms with Crippen LogP contribution >= 0.6 is 0 Å². The molecule has 0 amide bonds. The molecule has 178 valence electrons. The second-order valence-electron chi connectivity index (χ2n) is 8.10. The molecular formula is C24H21N5O6. The normalized spacial score (nSPS) is 23.8. The van der Waals surface area contributed by atoms with Crippen molar-refractivity contribution in [3.05, 3.63) is 84.4 Å². The predicted octanol–water partition coefficient (Wildman–Crippen LogP) is 1.95. The van der Waals surface area contributed by atoms with E-state index >= 15 is 0 Å². The van der Waals surface area contributed by atoms with E-state index in [0.29, 0.717) is 16.8 Å². The van der Waals surface area contributed by atoms with Gasteiger partial charge in [0.2, 0.25) is 5.65 Å². The molecule has 0 aliphatic carbocycles. The highest BCUT2D eigenvalue weighted by molar-refractivity contribution is 5.90. The number of hydrogen-bond acceptors (Lipinski definition) is 10. The zero-order valence-corrected chi connectivity index (χ0v) is 18.6. The Bertz CT molecular complexity index is 1350. The van der Waals surface area contributed by atoms with Crippen molar-refractivity contribution in [3.63, 3.8) is 0 Å². The molecule has 5 rings (SSSR count). The lowest BCUT2D eigenvalue weighted by Gasteiger charge is -2.34. The van der Waals surface area contributed by atoms with E-state index in [2.05, 4.69) is 20.2 Å². The van der Waals surface area contributed by atoms with Gasteiger partial charge in [0.15, 0.2) is 23.6 Å². The zero-order valence-electron chi connectivity index (χ0n) is 18.6. The summed E-state index contributed by atoms with van der Waals surface area (Å²) >= 11 is 0. The van der Waals surface area contributed by atoms with Gasteiger partial charge >= 0.3 is 11.9 Å². The molecular weight excluding hydrogens is 454 g/mol. The molecule has 0 spiro atoms. The van der Waals surface area contributed by atoms with Crippen LogP contribution in [0.1, 0.15) is 33.9 Å². The van der Waals surface area contributed by atoms with E-state index in [0.717, 1.165) is 0 Å². The number of aromatic nitrogens is 5. The SMILES string of the molecule is C[C@@]1(OC(=O)c2ccccc2)[C@H](OC(=O)c2ccccc2)[C@@H](CO)O[C@H]1n1cnc2nncnc21. The first-order valence-corrected chi connectivity index (χ1v) is 10.8. The van der Waals surface area contributed by atoms with Crippen LogP contribution in [0.2, 0.25) is 0 Å². The number of fused-ring (bicyclic) bond motifs is 1. The van der Waals surface area contributed by atoms with E-state index in [4.69, 9.17) is 14.2 Å². The van der Waals surface area contributed by atoms with E-state index in [9.17, 15) is 14.7 Å². The quantitative estimate of drug-likeness (QED) is 0.412. The molecule has 1 aliphatic heterocycles. The Labute approximate surface area is 199 Å². The van der Waals surface area contributed by atoms with Gasteiger partial charge in [0.1, 0.15) is 18.8 Å². The van der Waals surface area contributed by atoms with Crippen molar-refractivity contribution in [2.24, 2.45) is 0 Å². The van der Waals surface area contributed by atoms with Crippen LogP contribution in [0.15, 0.2) is 73.3 Å². The lowest BCUT2D eigenvalue weighted by molar-refractivity contribution is -0.108. The van der Waals surface area contributed by atoms with Crippen LogP contribution in [0.4, 0.5) is 0 Å². The van der Waals surface area contributed by atoms with Crippen LogP contribution < -0.4 is 0 Å². The van der Waals surface area contributed by atoms with Gasteiger partial charge in [0.25, 0.3) is 0 Å². The highest BCUT2D eigenvalue weighted by atomic mass is 16.7. The number of esters is 2. The number of hydrogen-bond donors (Lipinski definition) is 1. The predicted molar refractivity (Wildman–Crippen MR) is 120 cm³/mol. The minimum atomic E-state index is -1.58. The number of imidazole rings is 1. The molecule has 3 heterocycles. The van der Waals surface area contributed by atoms with E-state index < -0.39 is 42.6 Å². The topological polar surface area (TPSA) is 139 Å². The fraction of sp³-hybridized carbons (Fsp3) is 0.250. The molecule has 1 fully saturated rings. The Balaban J connectivity index is 1.56. The number of benzene rings is 2. The molecule has 2 aromatic carbocycles. The van der Waals surface area contributed by atoms with Crippen molar-refractivity contribution >= 4 is 23.2 Å². The van der Waals surface area contributed by atoms with Gasteiger partial charge in [0, 0.05) is 0 Å². The minimum absolute atomic E-state index is 0.248. The lowest BCUT2D eigenvalue weighted by Crippen LogP contribution is -2.50. The second-order valence-corrected chi connectivity index (χ2v) is 8.10. The number of aliphatic hydroxyl groups is 1. The highest BCUT2D eigenvalue weighted by Gasteiger charge is 2.60. The largest absolute Gasteiger partial charge is 0.451 e. The summed E-state index contributed by atoms with van der Waals surface area (Å²) in [6.07, 6.45) is -0.554. The van der Waals surface area contributed by atoms with Crippen molar-refractivity contribution in [1.82, 2.24) is 24.7 Å². The molecule has 0 bridgehead atoms. The molecule has 0 radical (unpaired) electrons. The lowest BCUT2D eigenvalue weighted by atomic mass is 9.95. The maximum absolute atomic E-state index is 13.1. The summed E-state index contributed by atoms with van der Waals surface area (Å²) in [6, 6.07) is 16.8. The summed E-state index contributed by atoms with van der Waals surface area (Å²) < 4.78 is 19.4. The van der Waals surface area contributed by atoms with Crippen LogP contribution in [0, 0.1) is 0 Å².